The van der Waals surface area contributed by atoms with E-state index in [0.29, 0.717) is 0 Å². The van der Waals surface area contributed by atoms with Crippen molar-refractivity contribution < 1.29 is 49.6 Å². The lowest BCUT2D eigenvalue weighted by Crippen LogP contribution is -2.82. The molecule has 9 atom stereocenters. The summed E-state index contributed by atoms with van der Waals surface area (Å²) in [5, 5.41) is 50.6. The van der Waals surface area contributed by atoms with Crippen LogP contribution >= 0.6 is 0 Å². The third-order valence-corrected chi connectivity index (χ3v) is 3.68. The highest BCUT2D eigenvalue weighted by Crippen LogP contribution is 2.25. The lowest BCUT2D eigenvalue weighted by atomic mass is 10.0. The molecule has 2 fully saturated rings. The molecule has 2 rings (SSSR count). The number of nitrogens with one attached hydrogen (secondary N) is 1. The van der Waals surface area contributed by atoms with Crippen LogP contribution in [0.5, 0.6) is 0 Å². The Bertz CT molecular complexity index is 387. The van der Waals surface area contributed by atoms with Crippen LogP contribution < -0.4 is 5.11 Å². The maximum atomic E-state index is 9.97. The van der Waals surface area contributed by atoms with Crippen LogP contribution in [0.4, 0.5) is 0 Å². The summed E-state index contributed by atoms with van der Waals surface area (Å²) in [5.74, 6) is 0. The van der Waals surface area contributed by atoms with Gasteiger partial charge in [-0.05, 0) is 0 Å². The monoisotopic (exact) mass is 324 g/mol. The Morgan fingerprint density at radius 1 is 1.05 bits per heavy atom. The van der Waals surface area contributed by atoms with Crippen LogP contribution in [0.3, 0.4) is 0 Å². The molecule has 11 heteroatoms. The number of nitrogens with zero attached hydrogens (tertiary/aromatic N) is 1. The highest BCUT2D eigenvalue weighted by molar-refractivity contribution is 4.89. The first-order valence-electron chi connectivity index (χ1n) is 6.66. The molecule has 0 aromatic heterocycles. The molecule has 0 saturated carbocycles. The van der Waals surface area contributed by atoms with Crippen molar-refractivity contribution in [2.45, 2.75) is 55.4 Å². The van der Waals surface area contributed by atoms with Crippen molar-refractivity contribution >= 4 is 0 Å². The van der Waals surface area contributed by atoms with Crippen LogP contribution in [0.2, 0.25) is 0 Å². The fourth-order valence-electron chi connectivity index (χ4n) is 2.40. The largest absolute Gasteiger partial charge is 0.506 e. The van der Waals surface area contributed by atoms with Crippen LogP contribution in [0, 0.1) is 0 Å². The van der Waals surface area contributed by atoms with Gasteiger partial charge in [-0.15, -0.1) is 0 Å². The van der Waals surface area contributed by atoms with Crippen molar-refractivity contribution in [3.8, 4) is 0 Å². The first-order valence-corrected chi connectivity index (χ1v) is 6.66. The summed E-state index contributed by atoms with van der Waals surface area (Å²) < 4.78 is 20.1. The van der Waals surface area contributed by atoms with Crippen molar-refractivity contribution in [3.05, 3.63) is 5.53 Å². The molecule has 2 aliphatic heterocycles. The Morgan fingerprint density at radius 3 is 2.32 bits per heavy atom. The van der Waals surface area contributed by atoms with Gasteiger partial charge in [0.25, 0.3) is 6.23 Å². The molecule has 0 radical (unpaired) electrons. The summed E-state index contributed by atoms with van der Waals surface area (Å²) in [4.78, 5) is 0. The van der Waals surface area contributed by atoms with Gasteiger partial charge in [-0.3, -0.25) is 4.74 Å². The van der Waals surface area contributed by atoms with E-state index in [-0.39, 0.29) is 6.61 Å². The molecule has 6 N–H and O–H groups in total. The van der Waals surface area contributed by atoms with E-state index in [4.69, 9.17) is 24.5 Å². The minimum absolute atomic E-state index is 0.286. The van der Waals surface area contributed by atoms with Crippen molar-refractivity contribution in [3.63, 3.8) is 0 Å². The second kappa shape index (κ2) is 7.21. The van der Waals surface area contributed by atoms with Gasteiger partial charge in [0.2, 0.25) is 0 Å². The fourth-order valence-corrected chi connectivity index (χ4v) is 2.40. The van der Waals surface area contributed by atoms with Crippen molar-refractivity contribution in [2.75, 3.05) is 13.7 Å². The molecule has 2 saturated heterocycles. The highest BCUT2D eigenvalue weighted by atomic mass is 16.7. The zero-order valence-electron chi connectivity index (χ0n) is 11.7. The maximum Gasteiger partial charge on any atom is 0.277 e. The average molecular weight is 324 g/mol. The third kappa shape index (κ3) is 3.27. The van der Waals surface area contributed by atoms with Crippen molar-refractivity contribution in [1.82, 2.24) is 0 Å². The van der Waals surface area contributed by atoms with Gasteiger partial charge in [-0.25, -0.2) is 0 Å². The van der Waals surface area contributed by atoms with Crippen LogP contribution in [-0.4, -0.2) is 94.7 Å². The topological polar surface area (TPSA) is 174 Å². The molecule has 11 nitrogen and oxygen atoms in total. The zero-order valence-corrected chi connectivity index (χ0v) is 11.7. The fraction of sp³-hybridized carbons (Fsp3) is 1.00. The molecule has 2 aliphatic rings. The van der Waals surface area contributed by atoms with Crippen molar-refractivity contribution in [2.24, 2.45) is 0 Å². The molecule has 0 spiro atoms. The van der Waals surface area contributed by atoms with Gasteiger partial charge in [0.05, 0.1) is 6.61 Å². The molecule has 128 valence electrons. The predicted octanol–water partition coefficient (Wildman–Crippen LogP) is -5.04. The molecule has 0 aromatic carbocycles. The first-order chi connectivity index (χ1) is 10.4. The second-order valence-corrected chi connectivity index (χ2v) is 5.12. The van der Waals surface area contributed by atoms with Gasteiger partial charge >= 0.3 is 0 Å². The number of aliphatic hydroxyl groups excluding tert-OH is 5. The van der Waals surface area contributed by atoms with E-state index >= 15 is 0 Å². The van der Waals surface area contributed by atoms with E-state index < -0.39 is 55.4 Å². The Balaban J connectivity index is 2.09. The Morgan fingerprint density at radius 2 is 1.73 bits per heavy atom. The zero-order chi connectivity index (χ0) is 16.4. The lowest BCUT2D eigenvalue weighted by molar-refractivity contribution is -0.619. The standard InChI is InChI=1S/C11H20N2O9/c1-19-7-5(16)6(17)11(22-9(7)13-12)21-8-4(15)3(14)2-20-10(8)18/h3-11,13-18H,2H2,1H3. The van der Waals surface area contributed by atoms with E-state index in [2.05, 4.69) is 0 Å². The van der Waals surface area contributed by atoms with Gasteiger partial charge in [0.15, 0.2) is 18.7 Å². The van der Waals surface area contributed by atoms with Gasteiger partial charge < -0.3 is 50.4 Å². The lowest BCUT2D eigenvalue weighted by Gasteiger charge is -2.42. The summed E-state index contributed by atoms with van der Waals surface area (Å²) in [6.45, 7) is -0.286. The summed E-state index contributed by atoms with van der Waals surface area (Å²) in [6, 6.07) is 0. The molecule has 9 unspecified atom stereocenters. The normalized spacial score (nSPS) is 49.8. The van der Waals surface area contributed by atoms with E-state index in [0.717, 1.165) is 0 Å². The van der Waals surface area contributed by atoms with E-state index in [1.54, 1.807) is 5.11 Å². The van der Waals surface area contributed by atoms with E-state index in [9.17, 15) is 25.5 Å². The minimum Gasteiger partial charge on any atom is -0.506 e. The SMILES string of the molecule is COC1C([NH+]=[N-])OC(OC2C(O)OCC(O)C2O)C(O)C1O. The maximum absolute atomic E-state index is 9.97. The number of methoxy groups -OCH3 is 1. The Hall–Kier alpha value is -0.760. The number of rotatable bonds is 4. The summed E-state index contributed by atoms with van der Waals surface area (Å²) >= 11 is 0. The van der Waals surface area contributed by atoms with Crippen LogP contribution in [0.1, 0.15) is 0 Å². The summed E-state index contributed by atoms with van der Waals surface area (Å²) in [5.41, 5.74) is 9.00. The van der Waals surface area contributed by atoms with Crippen LogP contribution in [-0.2, 0) is 18.9 Å². The first kappa shape index (κ1) is 17.6. The van der Waals surface area contributed by atoms with Gasteiger partial charge in [-0.2, -0.15) is 0 Å². The molecule has 0 bridgehead atoms. The molecule has 0 aromatic rings. The molecular formula is C11H20N2O9. The quantitative estimate of drug-likeness (QED) is 0.276. The predicted molar refractivity (Wildman–Crippen MR) is 64.6 cm³/mol. The number of ether oxygens (including phenoxy) is 4. The third-order valence-electron chi connectivity index (χ3n) is 3.68. The smallest absolute Gasteiger partial charge is 0.277 e. The highest BCUT2D eigenvalue weighted by Gasteiger charge is 2.50. The van der Waals surface area contributed by atoms with Gasteiger partial charge in [-0.1, -0.05) is 0 Å². The molecule has 2 heterocycles. The number of hydrogen-bond acceptors (Lipinski definition) is 9. The summed E-state index contributed by atoms with van der Waals surface area (Å²) in [7, 11) is 1.24. The minimum atomic E-state index is -1.59. The van der Waals surface area contributed by atoms with E-state index in [1.165, 1.54) is 7.11 Å². The Labute approximate surface area is 125 Å². The Kier molecular flexibility index (Phi) is 5.76. The molecule has 0 aliphatic carbocycles. The molecule has 0 amide bonds. The number of hydrogen-bond donors (Lipinski definition) is 6. The van der Waals surface area contributed by atoms with Crippen molar-refractivity contribution in [1.29, 1.82) is 0 Å². The number of aliphatic hydroxyl groups is 5. The van der Waals surface area contributed by atoms with Crippen LogP contribution in [0.25, 0.3) is 5.53 Å². The van der Waals surface area contributed by atoms with Gasteiger partial charge in [0.1, 0.15) is 30.5 Å². The second-order valence-electron chi connectivity index (χ2n) is 5.12. The summed E-state index contributed by atoms with van der Waals surface area (Å²) in [6.07, 6.45) is -12.7. The molecular weight excluding hydrogens is 304 g/mol. The van der Waals surface area contributed by atoms with Gasteiger partial charge in [0, 0.05) is 7.11 Å². The van der Waals surface area contributed by atoms with Crippen LogP contribution in [0.15, 0.2) is 0 Å². The molecule has 22 heavy (non-hydrogen) atoms. The van der Waals surface area contributed by atoms with E-state index in [1.807, 2.05) is 0 Å². The average Bonchev–Trinajstić information content (AvgIpc) is 2.51.